The van der Waals surface area contributed by atoms with E-state index in [-0.39, 0.29) is 0 Å². The SMILES string of the molecule is C=CCN1C=c2ccc(Cl)cc2=NC1. The maximum Gasteiger partial charge on any atom is 0.110 e. The van der Waals surface area contributed by atoms with E-state index in [1.807, 2.05) is 24.3 Å². The smallest absolute Gasteiger partial charge is 0.110 e. The average Bonchev–Trinajstić information content (AvgIpc) is 2.19. The van der Waals surface area contributed by atoms with Crippen LogP contribution in [0, 0.1) is 0 Å². The van der Waals surface area contributed by atoms with Crippen molar-refractivity contribution in [2.75, 3.05) is 13.2 Å². The van der Waals surface area contributed by atoms with Crippen LogP contribution >= 0.6 is 11.6 Å². The number of nitrogens with zero attached hydrogens (tertiary/aromatic N) is 2. The lowest BCUT2D eigenvalue weighted by molar-refractivity contribution is 0.456. The van der Waals surface area contributed by atoms with Crippen LogP contribution in [0.25, 0.3) is 6.20 Å². The Morgan fingerprint density at radius 3 is 3.21 bits per heavy atom. The molecule has 1 aromatic carbocycles. The fourth-order valence-corrected chi connectivity index (χ4v) is 1.61. The Labute approximate surface area is 87.8 Å². The quantitative estimate of drug-likeness (QED) is 0.663. The average molecular weight is 207 g/mol. The summed E-state index contributed by atoms with van der Waals surface area (Å²) in [7, 11) is 0. The summed E-state index contributed by atoms with van der Waals surface area (Å²) >= 11 is 5.87. The largest absolute Gasteiger partial charge is 0.354 e. The van der Waals surface area contributed by atoms with Gasteiger partial charge in [0.25, 0.3) is 0 Å². The van der Waals surface area contributed by atoms with Gasteiger partial charge in [-0.3, -0.25) is 4.99 Å². The van der Waals surface area contributed by atoms with Crippen LogP contribution in [-0.2, 0) is 0 Å². The van der Waals surface area contributed by atoms with Crippen LogP contribution in [0.2, 0.25) is 5.02 Å². The third kappa shape index (κ3) is 1.80. The number of benzene rings is 1. The van der Waals surface area contributed by atoms with Crippen LogP contribution in [0.1, 0.15) is 0 Å². The van der Waals surface area contributed by atoms with Gasteiger partial charge in [-0.15, -0.1) is 6.58 Å². The van der Waals surface area contributed by atoms with E-state index < -0.39 is 0 Å². The van der Waals surface area contributed by atoms with Gasteiger partial charge in [0.05, 0.1) is 5.36 Å². The lowest BCUT2D eigenvalue weighted by Gasteiger charge is -2.18. The standard InChI is InChI=1S/C11H11ClN2/c1-2-5-14-7-9-3-4-10(12)6-11(9)13-8-14/h2-4,6-7H,1,5,8H2. The molecule has 2 rings (SSSR count). The minimum Gasteiger partial charge on any atom is -0.354 e. The number of rotatable bonds is 2. The van der Waals surface area contributed by atoms with Crippen LogP contribution in [0.4, 0.5) is 0 Å². The summed E-state index contributed by atoms with van der Waals surface area (Å²) in [6.07, 6.45) is 3.95. The highest BCUT2D eigenvalue weighted by atomic mass is 35.5. The molecule has 0 atom stereocenters. The van der Waals surface area contributed by atoms with E-state index >= 15 is 0 Å². The van der Waals surface area contributed by atoms with E-state index in [9.17, 15) is 0 Å². The zero-order chi connectivity index (χ0) is 9.97. The van der Waals surface area contributed by atoms with Gasteiger partial charge in [0.1, 0.15) is 6.67 Å². The summed E-state index contributed by atoms with van der Waals surface area (Å²) < 4.78 is 0. The summed E-state index contributed by atoms with van der Waals surface area (Å²) in [5.41, 5.74) is 0. The molecule has 0 bridgehead atoms. The number of halogens is 1. The van der Waals surface area contributed by atoms with Crippen LogP contribution in [0.15, 0.2) is 35.8 Å². The topological polar surface area (TPSA) is 15.6 Å². The van der Waals surface area contributed by atoms with Crippen LogP contribution in [-0.4, -0.2) is 18.1 Å². The molecule has 0 saturated carbocycles. The predicted molar refractivity (Wildman–Crippen MR) is 58.5 cm³/mol. The lowest BCUT2D eigenvalue weighted by atomic mass is 10.2. The maximum atomic E-state index is 5.87. The molecule has 3 heteroatoms. The maximum absolute atomic E-state index is 5.87. The van der Waals surface area contributed by atoms with Crippen molar-refractivity contribution < 1.29 is 0 Å². The molecule has 1 aliphatic heterocycles. The molecule has 2 nitrogen and oxygen atoms in total. The van der Waals surface area contributed by atoms with Crippen molar-refractivity contribution >= 4 is 17.8 Å². The minimum absolute atomic E-state index is 0.680. The molecular formula is C11H11ClN2. The summed E-state index contributed by atoms with van der Waals surface area (Å²) in [6, 6.07) is 5.75. The van der Waals surface area contributed by atoms with Crippen molar-refractivity contribution in [3.05, 3.63) is 46.5 Å². The van der Waals surface area contributed by atoms with E-state index in [1.54, 1.807) is 0 Å². The third-order valence-corrected chi connectivity index (χ3v) is 2.34. The van der Waals surface area contributed by atoms with Crippen molar-refractivity contribution in [3.63, 3.8) is 0 Å². The number of fused-ring (bicyclic) bond motifs is 1. The zero-order valence-corrected chi connectivity index (χ0v) is 8.54. The van der Waals surface area contributed by atoms with Crippen molar-refractivity contribution in [2.24, 2.45) is 4.99 Å². The molecule has 72 valence electrons. The third-order valence-electron chi connectivity index (χ3n) is 2.10. The molecule has 0 amide bonds. The Balaban J connectivity index is 2.45. The fraction of sp³-hybridized carbons (Fsp3) is 0.182. The van der Waals surface area contributed by atoms with Gasteiger partial charge in [-0.05, 0) is 18.2 Å². The Morgan fingerprint density at radius 2 is 2.43 bits per heavy atom. The van der Waals surface area contributed by atoms with Crippen LogP contribution in [0.5, 0.6) is 0 Å². The zero-order valence-electron chi connectivity index (χ0n) is 7.78. The Hall–Kier alpha value is -1.28. The molecule has 0 radical (unpaired) electrons. The first-order chi connectivity index (χ1) is 6.79. The highest BCUT2D eigenvalue weighted by Crippen LogP contribution is 2.01. The number of hydrogen-bond acceptors (Lipinski definition) is 2. The second-order valence-corrected chi connectivity index (χ2v) is 3.63. The van der Waals surface area contributed by atoms with Gasteiger partial charge in [0.15, 0.2) is 0 Å². The first-order valence-electron chi connectivity index (χ1n) is 4.46. The van der Waals surface area contributed by atoms with Gasteiger partial charge in [0.2, 0.25) is 0 Å². The van der Waals surface area contributed by atoms with E-state index in [2.05, 4.69) is 22.7 Å². The van der Waals surface area contributed by atoms with Crippen molar-refractivity contribution in [2.45, 2.75) is 0 Å². The highest BCUT2D eigenvalue weighted by Gasteiger charge is 2.01. The van der Waals surface area contributed by atoms with Gasteiger partial charge < -0.3 is 4.90 Å². The first-order valence-corrected chi connectivity index (χ1v) is 4.84. The van der Waals surface area contributed by atoms with Crippen molar-refractivity contribution in [3.8, 4) is 0 Å². The molecule has 0 aromatic heterocycles. The van der Waals surface area contributed by atoms with Gasteiger partial charge >= 0.3 is 0 Å². The molecule has 1 aliphatic rings. The van der Waals surface area contributed by atoms with Crippen molar-refractivity contribution in [1.29, 1.82) is 0 Å². The Kier molecular flexibility index (Phi) is 2.55. The monoisotopic (exact) mass is 206 g/mol. The van der Waals surface area contributed by atoms with E-state index in [0.29, 0.717) is 6.67 Å². The first kappa shape index (κ1) is 9.28. The molecule has 14 heavy (non-hydrogen) atoms. The molecule has 0 spiro atoms. The summed E-state index contributed by atoms with van der Waals surface area (Å²) in [4.78, 5) is 6.52. The second kappa shape index (κ2) is 3.84. The highest BCUT2D eigenvalue weighted by molar-refractivity contribution is 6.30. The Bertz CT molecular complexity index is 465. The van der Waals surface area contributed by atoms with E-state index in [1.165, 1.54) is 0 Å². The summed E-state index contributed by atoms with van der Waals surface area (Å²) in [6.45, 7) is 5.21. The van der Waals surface area contributed by atoms with Crippen LogP contribution < -0.4 is 10.6 Å². The van der Waals surface area contributed by atoms with Gasteiger partial charge in [0, 0.05) is 23.0 Å². The summed E-state index contributed by atoms with van der Waals surface area (Å²) in [5, 5.41) is 2.82. The van der Waals surface area contributed by atoms with E-state index in [0.717, 1.165) is 22.1 Å². The normalized spacial score (nSPS) is 13.9. The molecule has 0 fully saturated rings. The Morgan fingerprint density at radius 1 is 1.57 bits per heavy atom. The number of hydrogen-bond donors (Lipinski definition) is 0. The molecule has 0 aliphatic carbocycles. The van der Waals surface area contributed by atoms with Crippen molar-refractivity contribution in [1.82, 2.24) is 4.90 Å². The van der Waals surface area contributed by atoms with Gasteiger partial charge in [-0.25, -0.2) is 0 Å². The van der Waals surface area contributed by atoms with Gasteiger partial charge in [-0.1, -0.05) is 17.7 Å². The lowest BCUT2D eigenvalue weighted by Crippen LogP contribution is -2.35. The molecule has 0 saturated heterocycles. The molecule has 1 heterocycles. The summed E-state index contributed by atoms with van der Waals surface area (Å²) in [5.74, 6) is 0. The fourth-order valence-electron chi connectivity index (χ4n) is 1.44. The predicted octanol–water partition coefficient (Wildman–Crippen LogP) is 1.16. The molecule has 1 aromatic rings. The molecule has 0 unspecified atom stereocenters. The molecular weight excluding hydrogens is 196 g/mol. The molecule has 0 N–H and O–H groups in total. The second-order valence-electron chi connectivity index (χ2n) is 3.19. The van der Waals surface area contributed by atoms with Crippen LogP contribution in [0.3, 0.4) is 0 Å². The van der Waals surface area contributed by atoms with Gasteiger partial charge in [-0.2, -0.15) is 0 Å². The minimum atomic E-state index is 0.680. The van der Waals surface area contributed by atoms with E-state index in [4.69, 9.17) is 11.6 Å².